The fourth-order valence-corrected chi connectivity index (χ4v) is 6.24. The van der Waals surface area contributed by atoms with Crippen molar-refractivity contribution in [1.29, 1.82) is 0 Å². The zero-order valence-corrected chi connectivity index (χ0v) is 17.3. The highest BCUT2D eigenvalue weighted by Crippen LogP contribution is 2.35. The number of anilines is 1. The summed E-state index contributed by atoms with van der Waals surface area (Å²) in [7, 11) is -1.91. The SMILES string of the molecule is COc1ccc(N2CCN(S(=O)(=O)c3cc(-c4ccno4)sc3C)CC2)cc1. The van der Waals surface area contributed by atoms with Gasteiger partial charge in [0.1, 0.15) is 5.75 Å². The largest absolute Gasteiger partial charge is 0.497 e. The first-order valence-electron chi connectivity index (χ1n) is 8.89. The smallest absolute Gasteiger partial charge is 0.244 e. The number of methoxy groups -OCH3 is 1. The highest BCUT2D eigenvalue weighted by molar-refractivity contribution is 7.89. The fraction of sp³-hybridized carbons (Fsp3) is 0.316. The van der Waals surface area contributed by atoms with E-state index in [2.05, 4.69) is 10.1 Å². The summed E-state index contributed by atoms with van der Waals surface area (Å²) in [5, 5.41) is 3.70. The molecule has 0 radical (unpaired) electrons. The van der Waals surface area contributed by atoms with Crippen molar-refractivity contribution in [3.63, 3.8) is 0 Å². The van der Waals surface area contributed by atoms with Crippen LogP contribution in [0.25, 0.3) is 10.6 Å². The Kier molecular flexibility index (Phi) is 5.13. The quantitative estimate of drug-likeness (QED) is 0.632. The molecule has 1 aliphatic heterocycles. The molecule has 1 aromatic carbocycles. The highest BCUT2D eigenvalue weighted by Gasteiger charge is 2.31. The third kappa shape index (κ3) is 3.52. The zero-order chi connectivity index (χ0) is 19.7. The number of nitrogens with zero attached hydrogens (tertiary/aromatic N) is 3. The van der Waals surface area contributed by atoms with Crippen molar-refractivity contribution in [3.05, 3.63) is 47.5 Å². The van der Waals surface area contributed by atoms with Gasteiger partial charge in [0.15, 0.2) is 5.76 Å². The monoisotopic (exact) mass is 419 g/mol. The molecule has 1 saturated heterocycles. The number of aryl methyl sites for hydroxylation is 1. The van der Waals surface area contributed by atoms with Gasteiger partial charge in [0.25, 0.3) is 0 Å². The van der Waals surface area contributed by atoms with Gasteiger partial charge in [-0.3, -0.25) is 0 Å². The normalized spacial score (nSPS) is 15.7. The number of sulfonamides is 1. The van der Waals surface area contributed by atoms with E-state index >= 15 is 0 Å². The van der Waals surface area contributed by atoms with Crippen LogP contribution < -0.4 is 9.64 Å². The second-order valence-corrected chi connectivity index (χ2v) is 9.66. The molecule has 0 N–H and O–H groups in total. The molecule has 7 nitrogen and oxygen atoms in total. The van der Waals surface area contributed by atoms with E-state index in [9.17, 15) is 8.42 Å². The van der Waals surface area contributed by atoms with Gasteiger partial charge in [-0.25, -0.2) is 8.42 Å². The third-order valence-electron chi connectivity index (χ3n) is 4.85. The maximum absolute atomic E-state index is 13.2. The molecule has 0 bridgehead atoms. The molecule has 3 heterocycles. The number of aromatic nitrogens is 1. The average molecular weight is 420 g/mol. The summed E-state index contributed by atoms with van der Waals surface area (Å²) in [6.07, 6.45) is 1.55. The van der Waals surface area contributed by atoms with Gasteiger partial charge in [-0.15, -0.1) is 11.3 Å². The van der Waals surface area contributed by atoms with E-state index in [0.717, 1.165) is 21.2 Å². The molecule has 0 atom stereocenters. The van der Waals surface area contributed by atoms with E-state index in [1.54, 1.807) is 29.7 Å². The number of hydrogen-bond donors (Lipinski definition) is 0. The summed E-state index contributed by atoms with van der Waals surface area (Å²) in [6, 6.07) is 11.2. The van der Waals surface area contributed by atoms with Crippen LogP contribution in [0.2, 0.25) is 0 Å². The summed E-state index contributed by atoms with van der Waals surface area (Å²) in [5.74, 6) is 1.39. The summed E-state index contributed by atoms with van der Waals surface area (Å²) in [5.41, 5.74) is 1.07. The van der Waals surface area contributed by atoms with Crippen LogP contribution in [-0.4, -0.2) is 51.2 Å². The molecule has 148 valence electrons. The molecule has 1 fully saturated rings. The average Bonchev–Trinajstić information content (AvgIpc) is 3.38. The predicted molar refractivity (Wildman–Crippen MR) is 109 cm³/mol. The van der Waals surface area contributed by atoms with E-state index in [0.29, 0.717) is 36.8 Å². The Morgan fingerprint density at radius 1 is 1.11 bits per heavy atom. The van der Waals surface area contributed by atoms with Crippen molar-refractivity contribution in [1.82, 2.24) is 9.46 Å². The van der Waals surface area contributed by atoms with E-state index < -0.39 is 10.0 Å². The van der Waals surface area contributed by atoms with E-state index in [4.69, 9.17) is 9.26 Å². The maximum atomic E-state index is 13.2. The molecule has 4 rings (SSSR count). The lowest BCUT2D eigenvalue weighted by molar-refractivity contribution is 0.384. The molecule has 28 heavy (non-hydrogen) atoms. The first-order valence-corrected chi connectivity index (χ1v) is 11.2. The number of ether oxygens (including phenoxy) is 1. The van der Waals surface area contributed by atoms with Crippen molar-refractivity contribution in [2.75, 3.05) is 38.2 Å². The second kappa shape index (κ2) is 7.57. The number of rotatable bonds is 5. The molecule has 9 heteroatoms. The molecule has 0 aliphatic carbocycles. The van der Waals surface area contributed by atoms with E-state index in [1.165, 1.54) is 11.3 Å². The van der Waals surface area contributed by atoms with Crippen LogP contribution in [0.5, 0.6) is 5.75 Å². The standard InChI is InChI=1S/C19H21N3O4S2/c1-14-19(13-18(27-14)17-7-8-20-26-17)28(23,24)22-11-9-21(10-12-22)15-3-5-16(25-2)6-4-15/h3-8,13H,9-12H2,1-2H3. The summed E-state index contributed by atoms with van der Waals surface area (Å²) in [4.78, 5) is 4.06. The number of piperazine rings is 1. The zero-order valence-electron chi connectivity index (χ0n) is 15.7. The van der Waals surface area contributed by atoms with Gasteiger partial charge >= 0.3 is 0 Å². The lowest BCUT2D eigenvalue weighted by atomic mass is 10.2. The molecule has 1 aliphatic rings. The molecule has 0 saturated carbocycles. The van der Waals surface area contributed by atoms with Crippen molar-refractivity contribution in [2.24, 2.45) is 0 Å². The Labute approximate surface area is 168 Å². The Bertz CT molecular complexity index is 1040. The molecule has 0 amide bonds. The van der Waals surface area contributed by atoms with Crippen LogP contribution in [0.1, 0.15) is 4.88 Å². The number of benzene rings is 1. The van der Waals surface area contributed by atoms with E-state index in [1.807, 2.05) is 31.2 Å². The highest BCUT2D eigenvalue weighted by atomic mass is 32.2. The lowest BCUT2D eigenvalue weighted by Gasteiger charge is -2.35. The summed E-state index contributed by atoms with van der Waals surface area (Å²) < 4.78 is 38.3. The molecule has 0 unspecified atom stereocenters. The van der Waals surface area contributed by atoms with Crippen molar-refractivity contribution in [2.45, 2.75) is 11.8 Å². The lowest BCUT2D eigenvalue weighted by Crippen LogP contribution is -2.48. The molecular formula is C19H21N3O4S2. The Morgan fingerprint density at radius 2 is 1.82 bits per heavy atom. The first-order chi connectivity index (χ1) is 13.5. The Hall–Kier alpha value is -2.36. The molecule has 3 aromatic rings. The van der Waals surface area contributed by atoms with Crippen LogP contribution in [0.15, 0.2) is 52.0 Å². The van der Waals surface area contributed by atoms with Gasteiger partial charge < -0.3 is 14.2 Å². The van der Waals surface area contributed by atoms with Crippen LogP contribution >= 0.6 is 11.3 Å². The topological polar surface area (TPSA) is 75.9 Å². The minimum absolute atomic E-state index is 0.349. The predicted octanol–water partition coefficient (Wildman–Crippen LogP) is 3.23. The molecule has 0 spiro atoms. The first kappa shape index (κ1) is 19.0. The van der Waals surface area contributed by atoms with Crippen molar-refractivity contribution >= 4 is 27.0 Å². The van der Waals surface area contributed by atoms with Crippen molar-refractivity contribution in [3.8, 4) is 16.4 Å². The van der Waals surface area contributed by atoms with Crippen LogP contribution in [0.4, 0.5) is 5.69 Å². The maximum Gasteiger partial charge on any atom is 0.244 e. The van der Waals surface area contributed by atoms with Gasteiger partial charge in [-0.05, 0) is 37.3 Å². The molecular weight excluding hydrogens is 398 g/mol. The summed E-state index contributed by atoms with van der Waals surface area (Å²) >= 11 is 1.40. The minimum Gasteiger partial charge on any atom is -0.497 e. The summed E-state index contributed by atoms with van der Waals surface area (Å²) in [6.45, 7) is 4.00. The molecule has 2 aromatic heterocycles. The number of hydrogen-bond acceptors (Lipinski definition) is 7. The van der Waals surface area contributed by atoms with E-state index in [-0.39, 0.29) is 0 Å². The number of thiophene rings is 1. The van der Waals surface area contributed by atoms with Crippen LogP contribution in [-0.2, 0) is 10.0 Å². The van der Waals surface area contributed by atoms with Crippen LogP contribution in [0, 0.1) is 6.92 Å². The van der Waals surface area contributed by atoms with Crippen LogP contribution in [0.3, 0.4) is 0 Å². The van der Waals surface area contributed by atoms with Gasteiger partial charge in [0.2, 0.25) is 10.0 Å². The van der Waals surface area contributed by atoms with Gasteiger partial charge in [-0.2, -0.15) is 4.31 Å². The van der Waals surface area contributed by atoms with Crippen molar-refractivity contribution < 1.29 is 17.7 Å². The second-order valence-electron chi connectivity index (χ2n) is 6.50. The fourth-order valence-electron chi connectivity index (χ4n) is 3.30. The minimum atomic E-state index is -3.54. The Morgan fingerprint density at radius 3 is 2.43 bits per heavy atom. The third-order valence-corrected chi connectivity index (χ3v) is 8.07. The van der Waals surface area contributed by atoms with Gasteiger partial charge in [0.05, 0.1) is 23.1 Å². The van der Waals surface area contributed by atoms with Gasteiger partial charge in [0, 0.05) is 42.8 Å². The Balaban J connectivity index is 1.49. The van der Waals surface area contributed by atoms with Gasteiger partial charge in [-0.1, -0.05) is 5.16 Å².